The molecule has 1 fully saturated rings. The van der Waals surface area contributed by atoms with Crippen LogP contribution in [0, 0.1) is 11.6 Å². The number of nitrogens with one attached hydrogen (secondary N) is 1. The Balaban J connectivity index is 1.87. The van der Waals surface area contributed by atoms with Crippen LogP contribution in [0.2, 0.25) is 0 Å². The van der Waals surface area contributed by atoms with Gasteiger partial charge in [0.25, 0.3) is 5.91 Å². The quantitative estimate of drug-likeness (QED) is 0.754. The van der Waals surface area contributed by atoms with Gasteiger partial charge in [0.1, 0.15) is 17.2 Å². The molecule has 1 N–H and O–H groups in total. The van der Waals surface area contributed by atoms with E-state index < -0.39 is 46.8 Å². The lowest BCUT2D eigenvalue weighted by Crippen LogP contribution is -2.37. The molecule has 0 bridgehead atoms. The number of hydrogen-bond donors (Lipinski definition) is 1. The predicted octanol–water partition coefficient (Wildman–Crippen LogP) is 5.05. The molecule has 26 heavy (non-hydrogen) atoms. The molecule has 3 rings (SSSR count). The van der Waals surface area contributed by atoms with Gasteiger partial charge in [0.15, 0.2) is 0 Å². The molecule has 1 aliphatic carbocycles. The minimum Gasteiger partial charge on any atom is -0.349 e. The zero-order valence-corrected chi connectivity index (χ0v) is 13.6. The molecule has 0 radical (unpaired) electrons. The molecule has 138 valence electrons. The van der Waals surface area contributed by atoms with Crippen molar-refractivity contribution in [2.45, 2.75) is 37.4 Å². The van der Waals surface area contributed by atoms with Gasteiger partial charge in [-0.2, -0.15) is 13.2 Å². The van der Waals surface area contributed by atoms with Crippen LogP contribution in [0.5, 0.6) is 0 Å². The van der Waals surface area contributed by atoms with Crippen molar-refractivity contribution in [3.63, 3.8) is 0 Å². The molecule has 1 amide bonds. The van der Waals surface area contributed by atoms with Gasteiger partial charge in [-0.15, -0.1) is 0 Å². The maximum Gasteiger partial charge on any atom is 0.416 e. The van der Waals surface area contributed by atoms with Gasteiger partial charge in [0.05, 0.1) is 5.56 Å². The summed E-state index contributed by atoms with van der Waals surface area (Å²) in [5.74, 6) is -3.53. The summed E-state index contributed by atoms with van der Waals surface area (Å²) in [4.78, 5) is 12.3. The van der Waals surface area contributed by atoms with Gasteiger partial charge < -0.3 is 5.32 Å². The number of carbonyl (C=O) groups is 1. The molecule has 0 saturated heterocycles. The minimum absolute atomic E-state index is 0.0943. The normalized spacial score (nSPS) is 20.2. The molecule has 1 saturated carbocycles. The van der Waals surface area contributed by atoms with Crippen molar-refractivity contribution in [3.8, 4) is 0 Å². The van der Waals surface area contributed by atoms with Crippen molar-refractivity contribution in [1.82, 2.24) is 5.32 Å². The van der Waals surface area contributed by atoms with Crippen molar-refractivity contribution in [1.29, 1.82) is 0 Å². The van der Waals surface area contributed by atoms with Crippen LogP contribution in [0.1, 0.15) is 46.7 Å². The van der Waals surface area contributed by atoms with Crippen LogP contribution in [-0.2, 0) is 6.18 Å². The van der Waals surface area contributed by atoms with Crippen molar-refractivity contribution in [2.75, 3.05) is 0 Å². The molecule has 7 heteroatoms. The Morgan fingerprint density at radius 3 is 2.27 bits per heavy atom. The number of alkyl halides is 3. The van der Waals surface area contributed by atoms with Crippen LogP contribution in [0.3, 0.4) is 0 Å². The van der Waals surface area contributed by atoms with Crippen LogP contribution in [0.4, 0.5) is 22.0 Å². The number of amides is 1. The zero-order valence-electron chi connectivity index (χ0n) is 13.6. The largest absolute Gasteiger partial charge is 0.416 e. The highest BCUT2D eigenvalue weighted by atomic mass is 19.4. The van der Waals surface area contributed by atoms with Gasteiger partial charge in [0, 0.05) is 12.0 Å². The number of hydrogen-bond acceptors (Lipinski definition) is 1. The summed E-state index contributed by atoms with van der Waals surface area (Å²) in [5, 5.41) is 2.52. The van der Waals surface area contributed by atoms with Crippen LogP contribution in [-0.4, -0.2) is 11.9 Å². The third kappa shape index (κ3) is 3.57. The molecular formula is C19H16F5NO. The summed E-state index contributed by atoms with van der Waals surface area (Å²) in [6.07, 6.45) is -3.00. The van der Waals surface area contributed by atoms with Gasteiger partial charge >= 0.3 is 6.18 Å². The van der Waals surface area contributed by atoms with E-state index in [0.717, 1.165) is 24.3 Å². The minimum atomic E-state index is -4.51. The highest BCUT2D eigenvalue weighted by molar-refractivity contribution is 5.95. The fourth-order valence-electron chi connectivity index (χ4n) is 3.54. The molecular weight excluding hydrogens is 353 g/mol. The Morgan fingerprint density at radius 2 is 1.62 bits per heavy atom. The van der Waals surface area contributed by atoms with Crippen molar-refractivity contribution < 1.29 is 26.7 Å². The van der Waals surface area contributed by atoms with Crippen LogP contribution < -0.4 is 5.32 Å². The van der Waals surface area contributed by atoms with Crippen LogP contribution >= 0.6 is 0 Å². The lowest BCUT2D eigenvalue weighted by molar-refractivity contribution is -0.138. The van der Waals surface area contributed by atoms with Crippen molar-refractivity contribution in [3.05, 3.63) is 70.8 Å². The third-order valence-corrected chi connectivity index (χ3v) is 4.69. The summed E-state index contributed by atoms with van der Waals surface area (Å²) in [5.41, 5.74) is -1.37. The lowest BCUT2D eigenvalue weighted by Gasteiger charge is -2.24. The second-order valence-corrected chi connectivity index (χ2v) is 6.30. The topological polar surface area (TPSA) is 29.1 Å². The maximum absolute atomic E-state index is 13.8. The van der Waals surface area contributed by atoms with E-state index in [2.05, 4.69) is 5.32 Å². The molecule has 2 nitrogen and oxygen atoms in total. The molecule has 0 heterocycles. The molecule has 2 atom stereocenters. The monoisotopic (exact) mass is 369 g/mol. The first-order valence-electron chi connectivity index (χ1n) is 8.20. The Bertz CT molecular complexity index is 798. The average Bonchev–Trinajstić information content (AvgIpc) is 3.02. The molecule has 0 aromatic heterocycles. The number of halogens is 5. The first-order chi connectivity index (χ1) is 12.3. The number of benzene rings is 2. The summed E-state index contributed by atoms with van der Waals surface area (Å²) in [6, 6.07) is 7.66. The van der Waals surface area contributed by atoms with E-state index in [1.54, 1.807) is 0 Å². The van der Waals surface area contributed by atoms with E-state index in [4.69, 9.17) is 0 Å². The molecule has 0 spiro atoms. The van der Waals surface area contributed by atoms with E-state index in [1.807, 2.05) is 0 Å². The highest BCUT2D eigenvalue weighted by Crippen LogP contribution is 2.41. The highest BCUT2D eigenvalue weighted by Gasteiger charge is 2.39. The Kier molecular flexibility index (Phi) is 4.98. The predicted molar refractivity (Wildman–Crippen MR) is 85.6 cm³/mol. The van der Waals surface area contributed by atoms with E-state index in [1.165, 1.54) is 18.2 Å². The summed E-state index contributed by atoms with van der Waals surface area (Å²) in [7, 11) is 0. The Labute approximate surface area is 147 Å². The summed E-state index contributed by atoms with van der Waals surface area (Å²) in [6.45, 7) is 0. The Morgan fingerprint density at radius 1 is 0.962 bits per heavy atom. The third-order valence-electron chi connectivity index (χ3n) is 4.69. The van der Waals surface area contributed by atoms with Crippen LogP contribution in [0.15, 0.2) is 42.5 Å². The van der Waals surface area contributed by atoms with E-state index >= 15 is 0 Å². The van der Waals surface area contributed by atoms with Crippen LogP contribution in [0.25, 0.3) is 0 Å². The van der Waals surface area contributed by atoms with Gasteiger partial charge in [-0.05, 0) is 36.6 Å². The fraction of sp³-hybridized carbons (Fsp3) is 0.316. The van der Waals surface area contributed by atoms with Crippen molar-refractivity contribution in [2.24, 2.45) is 0 Å². The van der Waals surface area contributed by atoms with Gasteiger partial charge in [-0.3, -0.25) is 4.79 Å². The second-order valence-electron chi connectivity index (χ2n) is 6.30. The second kappa shape index (κ2) is 7.05. The average molecular weight is 369 g/mol. The van der Waals surface area contributed by atoms with Gasteiger partial charge in [0.2, 0.25) is 0 Å². The molecule has 1 aliphatic rings. The summed E-state index contributed by atoms with van der Waals surface area (Å²) >= 11 is 0. The lowest BCUT2D eigenvalue weighted by atomic mass is 9.89. The smallest absolute Gasteiger partial charge is 0.349 e. The Hall–Kier alpha value is -2.44. The van der Waals surface area contributed by atoms with Crippen molar-refractivity contribution >= 4 is 5.91 Å². The summed E-state index contributed by atoms with van der Waals surface area (Å²) < 4.78 is 67.4. The molecule has 2 aromatic rings. The van der Waals surface area contributed by atoms with E-state index in [9.17, 15) is 26.7 Å². The van der Waals surface area contributed by atoms with Gasteiger partial charge in [-0.1, -0.05) is 30.7 Å². The molecule has 2 aromatic carbocycles. The maximum atomic E-state index is 13.8. The fourth-order valence-corrected chi connectivity index (χ4v) is 3.54. The van der Waals surface area contributed by atoms with E-state index in [0.29, 0.717) is 19.3 Å². The number of rotatable bonds is 3. The first kappa shape index (κ1) is 18.4. The van der Waals surface area contributed by atoms with E-state index in [-0.39, 0.29) is 5.56 Å². The standard InChI is InChI=1S/C19H16F5NO/c20-14-8-4-9-15(21)17(14)18(26)25-16-10-3-6-12(16)11-5-1-2-7-13(11)19(22,23)24/h1-2,4-5,7-9,12,16H,3,6,10H2,(H,25,26)/t12-,16+/m1/s1. The molecule has 0 unspecified atom stereocenters. The first-order valence-corrected chi connectivity index (χ1v) is 8.20. The van der Waals surface area contributed by atoms with Gasteiger partial charge in [-0.25, -0.2) is 8.78 Å². The SMILES string of the molecule is O=C(N[C@H]1CCC[C@@H]1c1ccccc1C(F)(F)F)c1c(F)cccc1F. The number of carbonyl (C=O) groups excluding carboxylic acids is 1. The molecule has 0 aliphatic heterocycles. The zero-order chi connectivity index (χ0) is 18.9.